The molecule has 0 radical (unpaired) electrons. The van der Waals surface area contributed by atoms with Gasteiger partial charge >= 0.3 is 5.97 Å². The topological polar surface area (TPSA) is 95.3 Å². The number of carbonyl (C=O) groups is 2. The van der Waals surface area contributed by atoms with Gasteiger partial charge in [-0.1, -0.05) is 74.1 Å². The van der Waals surface area contributed by atoms with Gasteiger partial charge in [-0.15, -0.1) is 28.1 Å². The molecule has 0 aliphatic carbocycles. The van der Waals surface area contributed by atoms with Gasteiger partial charge in [-0.05, 0) is 36.1 Å². The molecule has 0 fully saturated rings. The van der Waals surface area contributed by atoms with E-state index in [4.69, 9.17) is 9.47 Å². The number of methoxy groups -OCH3 is 1. The van der Waals surface area contributed by atoms with Crippen molar-refractivity contribution in [1.29, 1.82) is 0 Å². The molecule has 0 unspecified atom stereocenters. The Morgan fingerprint density at radius 1 is 1.12 bits per heavy atom. The third kappa shape index (κ3) is 6.81. The standard InChI is InChI=1S/C30H32N4O4S2/c1-6-16-34-24(17-38-23-14-12-21(13-15-23)19(2)3)32-33-30(34)39-18-25(35)31-28-27(29(36)37-5)26(20(4)40-28)22-10-8-7-9-11-22/h6-15,19H,1,16-18H2,2-5H3,(H,31,35). The number of ether oxygens (including phenoxy) is 2. The van der Waals surface area contributed by atoms with Crippen LogP contribution in [-0.2, 0) is 22.7 Å². The largest absolute Gasteiger partial charge is 0.486 e. The monoisotopic (exact) mass is 576 g/mol. The van der Waals surface area contributed by atoms with Gasteiger partial charge in [0.05, 0.1) is 12.9 Å². The Hall–Kier alpha value is -3.89. The number of hydrogen-bond donors (Lipinski definition) is 1. The van der Waals surface area contributed by atoms with Crippen molar-refractivity contribution < 1.29 is 19.1 Å². The molecule has 0 aliphatic rings. The maximum Gasteiger partial charge on any atom is 0.341 e. The molecule has 2 aromatic carbocycles. The summed E-state index contributed by atoms with van der Waals surface area (Å²) < 4.78 is 12.9. The first-order valence-corrected chi connectivity index (χ1v) is 14.6. The summed E-state index contributed by atoms with van der Waals surface area (Å²) in [5.74, 6) is 1.13. The summed E-state index contributed by atoms with van der Waals surface area (Å²) in [5.41, 5.74) is 3.24. The van der Waals surface area contributed by atoms with E-state index in [1.165, 1.54) is 35.8 Å². The van der Waals surface area contributed by atoms with Gasteiger partial charge in [0.15, 0.2) is 11.0 Å². The smallest absolute Gasteiger partial charge is 0.341 e. The summed E-state index contributed by atoms with van der Waals surface area (Å²) >= 11 is 2.60. The van der Waals surface area contributed by atoms with Crippen LogP contribution in [0, 0.1) is 6.92 Å². The number of carbonyl (C=O) groups excluding carboxylic acids is 2. The molecule has 0 atom stereocenters. The van der Waals surface area contributed by atoms with Crippen molar-refractivity contribution in [3.05, 3.63) is 89.1 Å². The molecule has 208 valence electrons. The van der Waals surface area contributed by atoms with E-state index < -0.39 is 5.97 Å². The summed E-state index contributed by atoms with van der Waals surface area (Å²) in [6.45, 7) is 10.8. The number of aryl methyl sites for hydroxylation is 1. The Bertz CT molecular complexity index is 1480. The molecule has 0 spiro atoms. The Balaban J connectivity index is 1.45. The van der Waals surface area contributed by atoms with Gasteiger partial charge in [-0.25, -0.2) is 4.79 Å². The van der Waals surface area contributed by atoms with Crippen LogP contribution >= 0.6 is 23.1 Å². The van der Waals surface area contributed by atoms with E-state index in [0.717, 1.165) is 21.8 Å². The fraction of sp³-hybridized carbons (Fsp3) is 0.267. The molecule has 0 saturated heterocycles. The highest BCUT2D eigenvalue weighted by Gasteiger charge is 2.25. The predicted octanol–water partition coefficient (Wildman–Crippen LogP) is 6.72. The summed E-state index contributed by atoms with van der Waals surface area (Å²) in [6.07, 6.45) is 1.75. The highest BCUT2D eigenvalue weighted by molar-refractivity contribution is 7.99. The van der Waals surface area contributed by atoms with Crippen LogP contribution in [0.1, 0.15) is 46.4 Å². The zero-order valence-corrected chi connectivity index (χ0v) is 24.6. The van der Waals surface area contributed by atoms with Gasteiger partial charge in [0.25, 0.3) is 0 Å². The number of nitrogens with one attached hydrogen (secondary N) is 1. The molecule has 40 heavy (non-hydrogen) atoms. The lowest BCUT2D eigenvalue weighted by molar-refractivity contribution is -0.113. The normalized spacial score (nSPS) is 10.9. The van der Waals surface area contributed by atoms with Crippen LogP contribution in [0.4, 0.5) is 5.00 Å². The van der Waals surface area contributed by atoms with Crippen molar-refractivity contribution in [2.24, 2.45) is 0 Å². The fourth-order valence-corrected chi connectivity index (χ4v) is 5.96. The number of benzene rings is 2. The summed E-state index contributed by atoms with van der Waals surface area (Å²) in [5, 5.41) is 12.5. The van der Waals surface area contributed by atoms with Crippen molar-refractivity contribution in [2.75, 3.05) is 18.2 Å². The molecule has 2 aromatic heterocycles. The van der Waals surface area contributed by atoms with Gasteiger partial charge in [0.1, 0.15) is 22.9 Å². The number of nitrogens with zero attached hydrogens (tertiary/aromatic N) is 3. The molecule has 0 bridgehead atoms. The van der Waals surface area contributed by atoms with Gasteiger partial charge in [-0.2, -0.15) is 0 Å². The Morgan fingerprint density at radius 3 is 2.50 bits per heavy atom. The first-order chi connectivity index (χ1) is 19.3. The zero-order valence-electron chi connectivity index (χ0n) is 23.0. The Kier molecular flexibility index (Phi) is 9.79. The number of anilines is 1. The average molecular weight is 577 g/mol. The number of thiophene rings is 1. The number of esters is 1. The summed E-state index contributed by atoms with van der Waals surface area (Å²) in [6, 6.07) is 17.6. The number of hydrogen-bond acceptors (Lipinski definition) is 8. The lowest BCUT2D eigenvalue weighted by Gasteiger charge is -2.11. The highest BCUT2D eigenvalue weighted by atomic mass is 32.2. The quantitative estimate of drug-likeness (QED) is 0.114. The maximum atomic E-state index is 13.0. The molecule has 0 saturated carbocycles. The number of rotatable bonds is 12. The molecular formula is C30H32N4O4S2. The molecule has 4 aromatic rings. The van der Waals surface area contributed by atoms with Crippen LogP contribution in [0.3, 0.4) is 0 Å². The van der Waals surface area contributed by atoms with Crippen molar-refractivity contribution >= 4 is 40.0 Å². The van der Waals surface area contributed by atoms with Gasteiger partial charge in [-0.3, -0.25) is 9.36 Å². The minimum absolute atomic E-state index is 0.0744. The second-order valence-electron chi connectivity index (χ2n) is 9.24. The van der Waals surface area contributed by atoms with Crippen molar-refractivity contribution in [3.8, 4) is 16.9 Å². The molecule has 2 heterocycles. The van der Waals surface area contributed by atoms with Gasteiger partial charge < -0.3 is 14.8 Å². The van der Waals surface area contributed by atoms with E-state index in [1.54, 1.807) is 6.08 Å². The van der Waals surface area contributed by atoms with E-state index in [9.17, 15) is 9.59 Å². The lowest BCUT2D eigenvalue weighted by atomic mass is 10.0. The van der Waals surface area contributed by atoms with E-state index in [2.05, 4.69) is 48.1 Å². The molecule has 1 N–H and O–H groups in total. The van der Waals surface area contributed by atoms with E-state index in [1.807, 2.05) is 54.0 Å². The van der Waals surface area contributed by atoms with Gasteiger partial charge in [0, 0.05) is 17.0 Å². The molecule has 4 rings (SSSR count). The van der Waals surface area contributed by atoms with Crippen LogP contribution in [0.15, 0.2) is 72.4 Å². The summed E-state index contributed by atoms with van der Waals surface area (Å²) in [4.78, 5) is 26.6. The minimum atomic E-state index is -0.500. The van der Waals surface area contributed by atoms with Crippen molar-refractivity contribution in [3.63, 3.8) is 0 Å². The zero-order chi connectivity index (χ0) is 28.6. The second-order valence-corrected chi connectivity index (χ2v) is 11.4. The maximum absolute atomic E-state index is 13.0. The number of amides is 1. The van der Waals surface area contributed by atoms with E-state index in [-0.39, 0.29) is 18.3 Å². The third-order valence-corrected chi connectivity index (χ3v) is 8.13. The molecule has 1 amide bonds. The average Bonchev–Trinajstić information content (AvgIpc) is 3.50. The third-order valence-electron chi connectivity index (χ3n) is 6.14. The fourth-order valence-electron chi connectivity index (χ4n) is 4.12. The highest BCUT2D eigenvalue weighted by Crippen LogP contribution is 2.40. The molecule has 10 heteroatoms. The number of thioether (sulfide) groups is 1. The van der Waals surface area contributed by atoms with Crippen LogP contribution < -0.4 is 10.1 Å². The van der Waals surface area contributed by atoms with E-state index >= 15 is 0 Å². The van der Waals surface area contributed by atoms with Crippen molar-refractivity contribution in [2.45, 2.75) is 45.0 Å². The van der Waals surface area contributed by atoms with Gasteiger partial charge in [0.2, 0.25) is 5.91 Å². The molecule has 0 aliphatic heterocycles. The van der Waals surface area contributed by atoms with Crippen LogP contribution in [0.2, 0.25) is 0 Å². The lowest BCUT2D eigenvalue weighted by Crippen LogP contribution is -2.16. The van der Waals surface area contributed by atoms with Crippen molar-refractivity contribution in [1.82, 2.24) is 14.8 Å². The van der Waals surface area contributed by atoms with Crippen LogP contribution in [0.5, 0.6) is 5.75 Å². The Morgan fingerprint density at radius 2 is 1.85 bits per heavy atom. The summed E-state index contributed by atoms with van der Waals surface area (Å²) in [7, 11) is 1.33. The SMILES string of the molecule is C=CCn1c(COc2ccc(C(C)C)cc2)nnc1SCC(=O)Nc1sc(C)c(-c2ccccc2)c1C(=O)OC. The number of aromatic nitrogens is 3. The van der Waals surface area contributed by atoms with Crippen LogP contribution in [0.25, 0.3) is 11.1 Å². The number of allylic oxidation sites excluding steroid dienone is 1. The molecule has 8 nitrogen and oxygen atoms in total. The van der Waals surface area contributed by atoms with Crippen LogP contribution in [-0.4, -0.2) is 39.5 Å². The first kappa shape index (κ1) is 29.1. The second kappa shape index (κ2) is 13.5. The Labute approximate surface area is 242 Å². The first-order valence-electron chi connectivity index (χ1n) is 12.8. The minimum Gasteiger partial charge on any atom is -0.486 e. The predicted molar refractivity (Wildman–Crippen MR) is 160 cm³/mol. The van der Waals surface area contributed by atoms with E-state index in [0.29, 0.717) is 34.0 Å². The molecular weight excluding hydrogens is 544 g/mol.